The first-order valence-corrected chi connectivity index (χ1v) is 11.3. The predicted molar refractivity (Wildman–Crippen MR) is 119 cm³/mol. The summed E-state index contributed by atoms with van der Waals surface area (Å²) >= 11 is 0. The van der Waals surface area contributed by atoms with Crippen LogP contribution in [0.2, 0.25) is 0 Å². The molecule has 2 rings (SSSR count). The van der Waals surface area contributed by atoms with Crippen LogP contribution in [0, 0.1) is 5.92 Å². The van der Waals surface area contributed by atoms with E-state index < -0.39 is 41.7 Å². The van der Waals surface area contributed by atoms with Crippen molar-refractivity contribution in [2.24, 2.45) is 5.92 Å². The zero-order valence-electron chi connectivity index (χ0n) is 20.9. The maximum absolute atomic E-state index is 12.9. The SMILES string of the molecule is CC(C)[C@@H](Nc1ccc(C(F)(F)F)cc1)C(=O)N1CCC(N(C)C)CC1.O=C(C(=O)C(F)(F)F)C(F)(F)F. The van der Waals surface area contributed by atoms with E-state index in [2.05, 4.69) is 10.2 Å². The van der Waals surface area contributed by atoms with Crippen molar-refractivity contribution in [1.82, 2.24) is 9.80 Å². The number of benzene rings is 1. The van der Waals surface area contributed by atoms with Gasteiger partial charge in [0, 0.05) is 24.8 Å². The van der Waals surface area contributed by atoms with E-state index in [9.17, 15) is 53.9 Å². The molecular formula is C23H28F9N3O3. The largest absolute Gasteiger partial charge is 0.458 e. The topological polar surface area (TPSA) is 69.7 Å². The van der Waals surface area contributed by atoms with Crippen molar-refractivity contribution in [3.05, 3.63) is 29.8 Å². The summed E-state index contributed by atoms with van der Waals surface area (Å²) in [5.74, 6) is -6.78. The van der Waals surface area contributed by atoms with E-state index in [-0.39, 0.29) is 11.8 Å². The van der Waals surface area contributed by atoms with Crippen molar-refractivity contribution < 1.29 is 53.9 Å². The second kappa shape index (κ2) is 12.8. The van der Waals surface area contributed by atoms with Gasteiger partial charge in [0.15, 0.2) is 0 Å². The average Bonchev–Trinajstić information content (AvgIpc) is 2.80. The molecule has 0 aliphatic carbocycles. The summed E-state index contributed by atoms with van der Waals surface area (Å²) < 4.78 is 105. The lowest BCUT2D eigenvalue weighted by molar-refractivity contribution is -0.193. The molecule has 0 unspecified atom stereocenters. The van der Waals surface area contributed by atoms with Gasteiger partial charge >= 0.3 is 30.1 Å². The quantitative estimate of drug-likeness (QED) is 0.391. The Kier molecular flexibility index (Phi) is 11.2. The molecule has 216 valence electrons. The summed E-state index contributed by atoms with van der Waals surface area (Å²) in [7, 11) is 4.09. The number of alkyl halides is 9. The van der Waals surface area contributed by atoms with Crippen LogP contribution in [0.15, 0.2) is 24.3 Å². The van der Waals surface area contributed by atoms with Gasteiger partial charge in [-0.3, -0.25) is 14.4 Å². The molecule has 1 aromatic carbocycles. The molecule has 0 aromatic heterocycles. The van der Waals surface area contributed by atoms with Crippen LogP contribution in [0.1, 0.15) is 32.3 Å². The van der Waals surface area contributed by atoms with Crippen LogP contribution >= 0.6 is 0 Å². The van der Waals surface area contributed by atoms with Gasteiger partial charge in [0.05, 0.1) is 5.56 Å². The standard InChI is InChI=1S/C19H28F3N3O.C4F6O2/c1-13(2)17(18(26)25-11-9-16(10-12-25)24(3)4)23-15-7-5-14(6-8-15)19(20,21)22;5-3(6,7)1(11)2(12)4(8,9)10/h5-8,13,16-17,23H,9-12H2,1-4H3;/t17-;/m1./s1. The van der Waals surface area contributed by atoms with Crippen molar-refractivity contribution >= 4 is 23.2 Å². The molecule has 1 heterocycles. The molecule has 1 amide bonds. The van der Waals surface area contributed by atoms with Gasteiger partial charge in [-0.25, -0.2) is 0 Å². The number of carbonyl (C=O) groups is 3. The fraction of sp³-hybridized carbons (Fsp3) is 0.609. The van der Waals surface area contributed by atoms with Gasteiger partial charge in [0.25, 0.3) is 0 Å². The summed E-state index contributed by atoms with van der Waals surface area (Å²) in [6.45, 7) is 5.29. The van der Waals surface area contributed by atoms with Crippen LogP contribution in [0.25, 0.3) is 0 Å². The number of amides is 1. The highest BCUT2D eigenvalue weighted by atomic mass is 19.4. The van der Waals surface area contributed by atoms with Crippen LogP contribution in [-0.2, 0) is 20.6 Å². The Balaban J connectivity index is 0.000000508. The van der Waals surface area contributed by atoms with Gasteiger partial charge in [0.2, 0.25) is 5.91 Å². The number of halogens is 9. The lowest BCUT2D eigenvalue weighted by Crippen LogP contribution is -2.50. The van der Waals surface area contributed by atoms with Gasteiger partial charge in [-0.05, 0) is 57.1 Å². The minimum atomic E-state index is -5.77. The second-order valence-corrected chi connectivity index (χ2v) is 9.11. The molecule has 1 saturated heterocycles. The highest BCUT2D eigenvalue weighted by molar-refractivity contribution is 6.41. The van der Waals surface area contributed by atoms with Gasteiger partial charge in [-0.15, -0.1) is 0 Å². The number of piperidine rings is 1. The Morgan fingerprint density at radius 1 is 0.842 bits per heavy atom. The Labute approximate surface area is 213 Å². The van der Waals surface area contributed by atoms with Crippen molar-refractivity contribution in [3.63, 3.8) is 0 Å². The minimum Gasteiger partial charge on any atom is -0.373 e. The number of anilines is 1. The average molecular weight is 565 g/mol. The van der Waals surface area contributed by atoms with Gasteiger partial charge < -0.3 is 15.1 Å². The van der Waals surface area contributed by atoms with Gasteiger partial charge in [-0.1, -0.05) is 13.8 Å². The third kappa shape index (κ3) is 9.80. The molecule has 0 saturated carbocycles. The molecule has 38 heavy (non-hydrogen) atoms. The number of likely N-dealkylation sites (tertiary alicyclic amines) is 1. The van der Waals surface area contributed by atoms with E-state index in [0.29, 0.717) is 24.8 Å². The number of ketones is 2. The number of hydrogen-bond acceptors (Lipinski definition) is 5. The molecule has 1 N–H and O–H groups in total. The Bertz CT molecular complexity index is 924. The Hall–Kier alpha value is -2.84. The molecule has 0 spiro atoms. The molecule has 1 atom stereocenters. The maximum Gasteiger partial charge on any atom is 0.458 e. The van der Waals surface area contributed by atoms with Gasteiger partial charge in [-0.2, -0.15) is 39.5 Å². The van der Waals surface area contributed by atoms with Crippen LogP contribution in [0.3, 0.4) is 0 Å². The molecule has 6 nitrogen and oxygen atoms in total. The first-order chi connectivity index (χ1) is 17.2. The highest BCUT2D eigenvalue weighted by Crippen LogP contribution is 2.30. The Morgan fingerprint density at radius 3 is 1.58 bits per heavy atom. The van der Waals surface area contributed by atoms with Crippen molar-refractivity contribution in [1.29, 1.82) is 0 Å². The lowest BCUT2D eigenvalue weighted by Gasteiger charge is -2.37. The van der Waals surface area contributed by atoms with Crippen molar-refractivity contribution in [2.75, 3.05) is 32.5 Å². The highest BCUT2D eigenvalue weighted by Gasteiger charge is 2.54. The molecule has 0 bridgehead atoms. The number of hydrogen-bond donors (Lipinski definition) is 1. The molecule has 1 fully saturated rings. The molecule has 1 aromatic rings. The van der Waals surface area contributed by atoms with E-state index >= 15 is 0 Å². The number of carbonyl (C=O) groups excluding carboxylic acids is 3. The van der Waals surface area contributed by atoms with E-state index in [1.807, 2.05) is 32.8 Å². The molecule has 1 aliphatic heterocycles. The molecular weight excluding hydrogens is 537 g/mol. The zero-order chi connectivity index (χ0) is 29.6. The van der Waals surface area contributed by atoms with E-state index in [1.165, 1.54) is 12.1 Å². The number of nitrogens with zero attached hydrogens (tertiary/aromatic N) is 2. The first-order valence-electron chi connectivity index (χ1n) is 11.3. The van der Waals surface area contributed by atoms with Crippen LogP contribution in [0.4, 0.5) is 45.2 Å². The summed E-state index contributed by atoms with van der Waals surface area (Å²) in [5.41, 5.74) is -0.172. The Morgan fingerprint density at radius 2 is 1.26 bits per heavy atom. The van der Waals surface area contributed by atoms with E-state index in [4.69, 9.17) is 0 Å². The summed E-state index contributed by atoms with van der Waals surface area (Å²) in [4.78, 5) is 36.2. The second-order valence-electron chi connectivity index (χ2n) is 9.11. The number of Topliss-reactive ketones (excluding diaryl/α,β-unsaturated/α-hetero) is 2. The number of rotatable bonds is 6. The third-order valence-corrected chi connectivity index (χ3v) is 5.69. The van der Waals surface area contributed by atoms with Crippen LogP contribution in [-0.4, -0.2) is 78.9 Å². The summed E-state index contributed by atoms with van der Waals surface area (Å²) in [6.07, 6.45) is -14.0. The first kappa shape index (κ1) is 33.2. The van der Waals surface area contributed by atoms with Gasteiger partial charge in [0.1, 0.15) is 6.04 Å². The minimum absolute atomic E-state index is 0.0112. The normalized spacial score (nSPS) is 16.1. The molecule has 15 heteroatoms. The molecule has 1 aliphatic rings. The summed E-state index contributed by atoms with van der Waals surface area (Å²) in [6, 6.07) is 4.86. The third-order valence-electron chi connectivity index (χ3n) is 5.69. The fourth-order valence-electron chi connectivity index (χ4n) is 3.51. The van der Waals surface area contributed by atoms with E-state index in [1.54, 1.807) is 0 Å². The lowest BCUT2D eigenvalue weighted by atomic mass is 9.99. The monoisotopic (exact) mass is 565 g/mol. The van der Waals surface area contributed by atoms with Crippen LogP contribution in [0.5, 0.6) is 0 Å². The smallest absolute Gasteiger partial charge is 0.373 e. The van der Waals surface area contributed by atoms with Crippen molar-refractivity contribution in [2.45, 2.75) is 57.3 Å². The zero-order valence-corrected chi connectivity index (χ0v) is 20.9. The number of nitrogens with one attached hydrogen (secondary N) is 1. The summed E-state index contributed by atoms with van der Waals surface area (Å²) in [5, 5.41) is 3.12. The fourth-order valence-corrected chi connectivity index (χ4v) is 3.51. The predicted octanol–water partition coefficient (Wildman–Crippen LogP) is 4.94. The van der Waals surface area contributed by atoms with Crippen LogP contribution < -0.4 is 5.32 Å². The molecule has 0 radical (unpaired) electrons. The van der Waals surface area contributed by atoms with E-state index in [0.717, 1.165) is 25.0 Å². The van der Waals surface area contributed by atoms with Crippen molar-refractivity contribution in [3.8, 4) is 0 Å². The maximum atomic E-state index is 12.9.